The third-order valence-electron chi connectivity index (χ3n) is 7.44. The number of aromatic amines is 1. The van der Waals surface area contributed by atoms with Gasteiger partial charge in [-0.25, -0.2) is 23.1 Å². The fourth-order valence-corrected chi connectivity index (χ4v) is 5.47. The number of H-pyrrole nitrogens is 1. The van der Waals surface area contributed by atoms with Crippen LogP contribution in [0.1, 0.15) is 36.7 Å². The standard InChI is InChI=1S/C27H28ClF3N6O3/c1-14-10-19(36-35-14)34-24-23(31)20(25-32-7-9-40-25)22(30)18(33-24)12-27(26(38)39)6-8-37(15(2)11-27)13-16-4-3-5-17(28)21(16)29/h3-5,7,9-10,15,26,38-39H,6,8,11-13H2,1-2H3,(H2,33,34,35,36)/t15-,27-/m1/s1. The van der Waals surface area contributed by atoms with Crippen LogP contribution in [0.3, 0.4) is 0 Å². The van der Waals surface area contributed by atoms with E-state index in [0.717, 1.165) is 0 Å². The number of rotatable bonds is 8. The monoisotopic (exact) mass is 576 g/mol. The molecule has 2 atom stereocenters. The summed E-state index contributed by atoms with van der Waals surface area (Å²) in [6.45, 7) is 4.26. The maximum absolute atomic E-state index is 15.9. The molecule has 212 valence electrons. The molecule has 13 heteroatoms. The molecule has 0 bridgehead atoms. The summed E-state index contributed by atoms with van der Waals surface area (Å²) in [5, 5.41) is 30.6. The van der Waals surface area contributed by atoms with E-state index < -0.39 is 34.7 Å². The third kappa shape index (κ3) is 5.44. The van der Waals surface area contributed by atoms with Gasteiger partial charge >= 0.3 is 0 Å². The van der Waals surface area contributed by atoms with E-state index in [0.29, 0.717) is 17.8 Å². The first-order chi connectivity index (χ1) is 19.1. The number of aryl methyl sites for hydroxylation is 1. The Morgan fingerprint density at radius 2 is 2.05 bits per heavy atom. The highest BCUT2D eigenvalue weighted by Gasteiger charge is 2.45. The highest BCUT2D eigenvalue weighted by Crippen LogP contribution is 2.43. The van der Waals surface area contributed by atoms with Crippen molar-refractivity contribution in [3.63, 3.8) is 0 Å². The lowest BCUT2D eigenvalue weighted by molar-refractivity contribution is -0.162. The first-order valence-corrected chi connectivity index (χ1v) is 13.1. The van der Waals surface area contributed by atoms with Gasteiger partial charge in [-0.2, -0.15) is 5.10 Å². The maximum Gasteiger partial charge on any atom is 0.232 e. The van der Waals surface area contributed by atoms with Crippen molar-refractivity contribution in [3.8, 4) is 11.5 Å². The molecule has 1 aliphatic heterocycles. The quantitative estimate of drug-likeness (QED) is 0.214. The molecule has 3 aromatic heterocycles. The van der Waals surface area contributed by atoms with Gasteiger partial charge in [0.25, 0.3) is 0 Å². The summed E-state index contributed by atoms with van der Waals surface area (Å²) in [6.07, 6.45) is 0.853. The molecular weight excluding hydrogens is 549 g/mol. The van der Waals surface area contributed by atoms with Crippen molar-refractivity contribution in [3.05, 3.63) is 76.2 Å². The lowest BCUT2D eigenvalue weighted by atomic mass is 9.71. The van der Waals surface area contributed by atoms with Crippen LogP contribution in [0.4, 0.5) is 24.8 Å². The van der Waals surface area contributed by atoms with E-state index in [4.69, 9.17) is 16.0 Å². The number of likely N-dealkylation sites (tertiary alicyclic amines) is 1. The first kappa shape index (κ1) is 28.1. The van der Waals surface area contributed by atoms with E-state index in [9.17, 15) is 14.6 Å². The van der Waals surface area contributed by atoms with Crippen molar-refractivity contribution in [1.82, 2.24) is 25.1 Å². The molecule has 4 aromatic rings. The smallest absolute Gasteiger partial charge is 0.232 e. The van der Waals surface area contributed by atoms with Gasteiger partial charge in [0.1, 0.15) is 17.6 Å². The second-order valence-corrected chi connectivity index (χ2v) is 10.6. The predicted octanol–water partition coefficient (Wildman–Crippen LogP) is 5.11. The highest BCUT2D eigenvalue weighted by atomic mass is 35.5. The number of nitrogens with one attached hydrogen (secondary N) is 2. The fraction of sp³-hybridized carbons (Fsp3) is 0.370. The van der Waals surface area contributed by atoms with Crippen molar-refractivity contribution in [2.45, 2.75) is 52.0 Å². The molecule has 0 amide bonds. The zero-order chi connectivity index (χ0) is 28.6. The van der Waals surface area contributed by atoms with Crippen molar-refractivity contribution < 1.29 is 27.8 Å². The normalized spacial score (nSPS) is 19.9. The van der Waals surface area contributed by atoms with E-state index >= 15 is 8.78 Å². The van der Waals surface area contributed by atoms with Crippen molar-refractivity contribution >= 4 is 23.2 Å². The second-order valence-electron chi connectivity index (χ2n) is 10.2. The summed E-state index contributed by atoms with van der Waals surface area (Å²) >= 11 is 5.93. The van der Waals surface area contributed by atoms with Crippen LogP contribution in [0.25, 0.3) is 11.5 Å². The molecule has 9 nitrogen and oxygen atoms in total. The number of aliphatic hydroxyl groups excluding tert-OH is 1. The molecule has 1 saturated heterocycles. The predicted molar refractivity (Wildman–Crippen MR) is 141 cm³/mol. The number of nitrogens with zero attached hydrogens (tertiary/aromatic N) is 4. The summed E-state index contributed by atoms with van der Waals surface area (Å²) in [4.78, 5) is 10.1. The van der Waals surface area contributed by atoms with Crippen LogP contribution in [0.15, 0.2) is 41.1 Å². The Morgan fingerprint density at radius 1 is 1.25 bits per heavy atom. The van der Waals surface area contributed by atoms with Gasteiger partial charge in [0, 0.05) is 41.7 Å². The van der Waals surface area contributed by atoms with Gasteiger partial charge in [-0.3, -0.25) is 10.00 Å². The van der Waals surface area contributed by atoms with Crippen LogP contribution < -0.4 is 5.32 Å². The summed E-state index contributed by atoms with van der Waals surface area (Å²) in [5.74, 6) is -2.90. The van der Waals surface area contributed by atoms with Gasteiger partial charge in [0.2, 0.25) is 5.89 Å². The van der Waals surface area contributed by atoms with E-state index in [2.05, 4.69) is 25.5 Å². The van der Waals surface area contributed by atoms with Gasteiger partial charge < -0.3 is 19.9 Å². The molecule has 1 aromatic carbocycles. The topological polar surface area (TPSA) is 123 Å². The fourth-order valence-electron chi connectivity index (χ4n) is 5.28. The van der Waals surface area contributed by atoms with Crippen molar-refractivity contribution in [1.29, 1.82) is 0 Å². The van der Waals surface area contributed by atoms with Crippen LogP contribution in [-0.4, -0.2) is 54.2 Å². The average Bonchev–Trinajstić information content (AvgIpc) is 3.58. The number of halogens is 4. The minimum absolute atomic E-state index is 0.0245. The van der Waals surface area contributed by atoms with Gasteiger partial charge in [-0.05, 0) is 39.3 Å². The minimum atomic E-state index is -1.83. The molecular formula is C27H28ClF3N6O3. The number of pyridine rings is 1. The largest absolute Gasteiger partial charge is 0.444 e. The molecule has 0 saturated carbocycles. The Kier molecular flexibility index (Phi) is 7.87. The van der Waals surface area contributed by atoms with Gasteiger partial charge in [0.05, 0.1) is 16.9 Å². The van der Waals surface area contributed by atoms with Crippen molar-refractivity contribution in [2.75, 3.05) is 11.9 Å². The molecule has 4 heterocycles. The van der Waals surface area contributed by atoms with Gasteiger partial charge in [-0.15, -0.1) is 0 Å². The summed E-state index contributed by atoms with van der Waals surface area (Å²) in [6, 6.07) is 6.16. The summed E-state index contributed by atoms with van der Waals surface area (Å²) in [5.41, 5.74) is -0.822. The van der Waals surface area contributed by atoms with Crippen molar-refractivity contribution in [2.24, 2.45) is 5.41 Å². The van der Waals surface area contributed by atoms with E-state index in [1.54, 1.807) is 25.1 Å². The summed E-state index contributed by atoms with van der Waals surface area (Å²) in [7, 11) is 0. The number of benzene rings is 1. The van der Waals surface area contributed by atoms with Gasteiger partial charge in [0.15, 0.2) is 29.6 Å². The molecule has 0 unspecified atom stereocenters. The van der Waals surface area contributed by atoms with E-state index in [-0.39, 0.29) is 60.1 Å². The van der Waals surface area contributed by atoms with Crippen LogP contribution in [0, 0.1) is 29.8 Å². The van der Waals surface area contributed by atoms with Gasteiger partial charge in [-0.1, -0.05) is 23.7 Å². The van der Waals surface area contributed by atoms with Crippen LogP contribution >= 0.6 is 11.6 Å². The third-order valence-corrected chi connectivity index (χ3v) is 7.73. The number of oxazole rings is 1. The van der Waals surface area contributed by atoms with E-state index in [1.807, 2.05) is 11.8 Å². The lowest BCUT2D eigenvalue weighted by Gasteiger charge is -2.46. The summed E-state index contributed by atoms with van der Waals surface area (Å²) < 4.78 is 51.1. The molecule has 4 N–H and O–H groups in total. The highest BCUT2D eigenvalue weighted by molar-refractivity contribution is 6.30. The molecule has 0 aliphatic carbocycles. The Bertz CT molecular complexity index is 1500. The maximum atomic E-state index is 15.9. The molecule has 5 rings (SSSR count). The Labute approximate surface area is 233 Å². The molecule has 1 fully saturated rings. The molecule has 40 heavy (non-hydrogen) atoms. The SMILES string of the molecule is Cc1cc(Nc2nc(C[C@@]3(C(O)O)CCN(Cc4cccc(Cl)c4F)[C@H](C)C3)c(F)c(-c3ncco3)c2F)n[nH]1. The Balaban J connectivity index is 1.47. The number of aliphatic hydroxyl groups is 2. The molecule has 1 aliphatic rings. The zero-order valence-corrected chi connectivity index (χ0v) is 22.5. The van der Waals surface area contributed by atoms with Crippen LogP contribution in [-0.2, 0) is 13.0 Å². The Hall–Kier alpha value is -3.45. The molecule has 0 radical (unpaired) electrons. The van der Waals surface area contributed by atoms with E-state index in [1.165, 1.54) is 18.5 Å². The number of hydrogen-bond donors (Lipinski definition) is 4. The Morgan fingerprint density at radius 3 is 2.70 bits per heavy atom. The molecule has 0 spiro atoms. The van der Waals surface area contributed by atoms with Crippen LogP contribution in [0.2, 0.25) is 5.02 Å². The first-order valence-electron chi connectivity index (χ1n) is 12.7. The zero-order valence-electron chi connectivity index (χ0n) is 21.8. The van der Waals surface area contributed by atoms with Crippen LogP contribution in [0.5, 0.6) is 0 Å². The minimum Gasteiger partial charge on any atom is -0.444 e. The second kappa shape index (κ2) is 11.2. The number of hydrogen-bond acceptors (Lipinski definition) is 8. The number of piperidine rings is 1. The lowest BCUT2D eigenvalue weighted by Crippen LogP contribution is -2.51. The number of aromatic nitrogens is 4. The number of anilines is 2. The average molecular weight is 577 g/mol.